The van der Waals surface area contributed by atoms with E-state index in [2.05, 4.69) is 0 Å². The van der Waals surface area contributed by atoms with Crippen molar-refractivity contribution in [1.82, 2.24) is 5.34 Å². The van der Waals surface area contributed by atoms with Gasteiger partial charge >= 0.3 is 0 Å². The van der Waals surface area contributed by atoms with Crippen molar-refractivity contribution in [2.45, 2.75) is 0 Å². The van der Waals surface area contributed by atoms with E-state index in [-0.39, 0.29) is 0 Å². The largest absolute Gasteiger partial charge is 0.273 e. The summed E-state index contributed by atoms with van der Waals surface area (Å²) >= 11 is 0. The van der Waals surface area contributed by atoms with E-state index in [1.807, 2.05) is 0 Å². The average molecular weight is 81.0 g/mol. The predicted octanol–water partition coefficient (Wildman–Crippen LogP) is 0.214. The van der Waals surface area contributed by atoms with Crippen LogP contribution in [0.4, 0.5) is 8.96 Å². The topological polar surface area (TPSA) is 20.3 Å². The van der Waals surface area contributed by atoms with E-state index < -0.39 is 11.8 Å². The van der Waals surface area contributed by atoms with Crippen molar-refractivity contribution in [3.8, 4) is 0 Å². The summed E-state index contributed by atoms with van der Waals surface area (Å²) in [5.41, 5.74) is 0. The van der Waals surface area contributed by atoms with E-state index in [0.717, 1.165) is 0 Å². The van der Waals surface area contributed by atoms with Gasteiger partial charge < -0.3 is 0 Å². The van der Waals surface area contributed by atoms with Gasteiger partial charge in [-0.2, -0.15) is 0 Å². The predicted molar refractivity (Wildman–Crippen MR) is 10.1 cm³/mol. The molecule has 0 aliphatic heterocycles. The molecule has 0 N–H and O–H groups in total. The number of carbonyl (C=O) groups excluding carboxylic acids is 1. The molecule has 0 aromatic rings. The molecule has 0 aliphatic carbocycles. The van der Waals surface area contributed by atoms with Crippen LogP contribution < -0.4 is 0 Å². The molecule has 1 amide bonds. The fourth-order valence-electron chi connectivity index (χ4n) is 0. The van der Waals surface area contributed by atoms with Crippen molar-refractivity contribution in [3.05, 3.63) is 0 Å². The van der Waals surface area contributed by atoms with Gasteiger partial charge in [0, 0.05) is 0 Å². The van der Waals surface area contributed by atoms with Crippen LogP contribution in [0.1, 0.15) is 0 Å². The number of halogens is 2. The molecule has 0 rings (SSSR count). The smallest absolute Gasteiger partial charge is 0.271 e. The normalized spacial score (nSPS) is 6.80. The lowest BCUT2D eigenvalue weighted by Gasteiger charge is -1.77. The highest BCUT2D eigenvalue weighted by Crippen LogP contribution is 1.75. The lowest BCUT2D eigenvalue weighted by Crippen LogP contribution is -1.91. The summed E-state index contributed by atoms with van der Waals surface area (Å²) in [6.45, 7) is 0. The van der Waals surface area contributed by atoms with Crippen molar-refractivity contribution < 1.29 is 13.8 Å². The average Bonchev–Trinajstić information content (AvgIpc) is 1.38. The van der Waals surface area contributed by atoms with Gasteiger partial charge in [0.15, 0.2) is 0 Å². The highest BCUT2D eigenvalue weighted by Gasteiger charge is 1.82. The van der Waals surface area contributed by atoms with Gasteiger partial charge in [0.25, 0.3) is 6.41 Å². The Bertz CT molecular complexity index is 36.6. The molecule has 0 fully saturated rings. The molecule has 4 heteroatoms. The number of amides is 1. The molecule has 0 saturated carbocycles. The maximum atomic E-state index is 10.2. The minimum Gasteiger partial charge on any atom is -0.273 e. The van der Waals surface area contributed by atoms with Gasteiger partial charge in [0.2, 0.25) is 0 Å². The van der Waals surface area contributed by atoms with Crippen LogP contribution in [0.3, 0.4) is 0 Å². The van der Waals surface area contributed by atoms with Gasteiger partial charge in [-0.15, -0.1) is 0 Å². The summed E-state index contributed by atoms with van der Waals surface area (Å²) in [6.07, 6.45) is -0.583. The lowest BCUT2D eigenvalue weighted by molar-refractivity contribution is -0.170. The molecule has 0 saturated heterocycles. The van der Waals surface area contributed by atoms with Gasteiger partial charge in [-0.3, -0.25) is 4.79 Å². The Balaban J connectivity index is 2.83. The summed E-state index contributed by atoms with van der Waals surface area (Å²) in [6, 6.07) is 0. The zero-order chi connectivity index (χ0) is 4.28. The highest BCUT2D eigenvalue weighted by atomic mass is 19.4. The van der Waals surface area contributed by atoms with Crippen LogP contribution in [-0.4, -0.2) is 11.8 Å². The molecule has 30 valence electrons. The van der Waals surface area contributed by atoms with Gasteiger partial charge in [-0.05, 0) is 5.34 Å². The fraction of sp³-hybridized carbons (Fsp3) is 0. The Morgan fingerprint density at radius 2 is 1.80 bits per heavy atom. The first-order valence-electron chi connectivity index (χ1n) is 0.832. The summed E-state index contributed by atoms with van der Waals surface area (Å²) in [7, 11) is 0. The van der Waals surface area contributed by atoms with Crippen molar-refractivity contribution in [2.75, 3.05) is 0 Å². The molecule has 0 bridgehead atoms. The van der Waals surface area contributed by atoms with E-state index in [4.69, 9.17) is 4.79 Å². The third-order valence-electron chi connectivity index (χ3n) is 0.0797. The molecule has 0 atom stereocenters. The maximum Gasteiger partial charge on any atom is 0.271 e. The maximum absolute atomic E-state index is 10.2. The molecule has 5 heavy (non-hydrogen) atoms. The quantitative estimate of drug-likeness (QED) is 0.326. The first-order chi connectivity index (χ1) is 2.27. The zero-order valence-corrected chi connectivity index (χ0v) is 2.19. The van der Waals surface area contributed by atoms with E-state index >= 15 is 0 Å². The first-order valence-corrected chi connectivity index (χ1v) is 0.832. The van der Waals surface area contributed by atoms with E-state index in [1.54, 1.807) is 0 Å². The minimum atomic E-state index is -1.56. The molecule has 2 nitrogen and oxygen atoms in total. The molecule has 0 heterocycles. The molecule has 0 aromatic carbocycles. The lowest BCUT2D eigenvalue weighted by atomic mass is 11.5. The van der Waals surface area contributed by atoms with Gasteiger partial charge in [0.05, 0.1) is 0 Å². The standard InChI is InChI=1S/CHF2NO/c2-4(3)1-5/h1H. The Morgan fingerprint density at radius 1 is 1.60 bits per heavy atom. The molecule has 0 radical (unpaired) electrons. The van der Waals surface area contributed by atoms with Crippen molar-refractivity contribution >= 4 is 6.41 Å². The SMILES string of the molecule is O=CN(F)F. The molecule has 0 spiro atoms. The number of hydrogen-bond donors (Lipinski definition) is 0. The van der Waals surface area contributed by atoms with Crippen LogP contribution in [0, 0.1) is 0 Å². The third kappa shape index (κ3) is 3.33. The van der Waals surface area contributed by atoms with E-state index in [1.165, 1.54) is 0 Å². The second kappa shape index (κ2) is 1.63. The molecular weight excluding hydrogens is 80.0 g/mol. The molecule has 0 unspecified atom stereocenters. The Kier molecular flexibility index (Phi) is 1.41. The van der Waals surface area contributed by atoms with Crippen LogP contribution >= 0.6 is 0 Å². The van der Waals surface area contributed by atoms with Crippen LogP contribution in [0.2, 0.25) is 0 Å². The second-order valence-corrected chi connectivity index (χ2v) is 0.364. The second-order valence-electron chi connectivity index (χ2n) is 0.364. The summed E-state index contributed by atoms with van der Waals surface area (Å²) in [5.74, 6) is 0. The fourth-order valence-corrected chi connectivity index (χ4v) is 0. The van der Waals surface area contributed by atoms with Gasteiger partial charge in [0.1, 0.15) is 0 Å². The highest BCUT2D eigenvalue weighted by molar-refractivity contribution is 5.42. The Hall–Kier alpha value is -0.670. The number of hydrogen-bond acceptors (Lipinski definition) is 1. The third-order valence-corrected chi connectivity index (χ3v) is 0.0797. The van der Waals surface area contributed by atoms with E-state index in [9.17, 15) is 8.96 Å². The summed E-state index contributed by atoms with van der Waals surface area (Å²) in [4.78, 5) is 8.68. The Labute approximate surface area is 26.9 Å². The zero-order valence-electron chi connectivity index (χ0n) is 2.19. The number of nitrogens with zero attached hydrogens (tertiary/aromatic N) is 1. The number of rotatable bonds is 1. The molecule has 0 aliphatic rings. The van der Waals surface area contributed by atoms with Crippen LogP contribution in [0.25, 0.3) is 0 Å². The van der Waals surface area contributed by atoms with Crippen LogP contribution in [-0.2, 0) is 4.79 Å². The van der Waals surface area contributed by atoms with E-state index in [0.29, 0.717) is 0 Å². The first kappa shape index (κ1) is 4.33. The molecular formula is CHF2NO. The molecule has 0 aromatic heterocycles. The van der Waals surface area contributed by atoms with Crippen LogP contribution in [0.15, 0.2) is 0 Å². The summed E-state index contributed by atoms with van der Waals surface area (Å²) in [5, 5.41) is -1.56. The summed E-state index contributed by atoms with van der Waals surface area (Å²) < 4.78 is 20.5. The number of carbonyl (C=O) groups is 1. The Morgan fingerprint density at radius 3 is 1.80 bits per heavy atom. The van der Waals surface area contributed by atoms with Crippen molar-refractivity contribution in [2.24, 2.45) is 0 Å². The van der Waals surface area contributed by atoms with Gasteiger partial charge in [-0.1, -0.05) is 8.96 Å². The van der Waals surface area contributed by atoms with Crippen LogP contribution in [0.5, 0.6) is 0 Å². The monoisotopic (exact) mass is 81.0 g/mol. The van der Waals surface area contributed by atoms with Crippen molar-refractivity contribution in [3.63, 3.8) is 0 Å². The van der Waals surface area contributed by atoms with Gasteiger partial charge in [-0.25, -0.2) is 0 Å². The van der Waals surface area contributed by atoms with Crippen molar-refractivity contribution in [1.29, 1.82) is 0 Å². The minimum absolute atomic E-state index is 0.583.